The van der Waals surface area contributed by atoms with Crippen LogP contribution in [-0.2, 0) is 0 Å². The molecule has 3 aromatic heterocycles. The first-order chi connectivity index (χ1) is 21.0. The molecule has 0 aliphatic rings. The number of hydrogen-bond donors (Lipinski definition) is 0. The van der Waals surface area contributed by atoms with Gasteiger partial charge in [-0.1, -0.05) is 72.7 Å². The van der Waals surface area contributed by atoms with Crippen LogP contribution in [0.25, 0.3) is 40.1 Å². The van der Waals surface area contributed by atoms with E-state index in [1.54, 1.807) is 23.9 Å². The number of methoxy groups -OCH3 is 1. The lowest BCUT2D eigenvalue weighted by Gasteiger charge is -2.05. The molecule has 10 heteroatoms. The lowest BCUT2D eigenvalue weighted by atomic mass is 10.1. The van der Waals surface area contributed by atoms with Crippen molar-refractivity contribution in [2.24, 2.45) is 0 Å². The highest BCUT2D eigenvalue weighted by Gasteiger charge is 2.15. The van der Waals surface area contributed by atoms with Gasteiger partial charge in [-0.25, -0.2) is 4.68 Å². The van der Waals surface area contributed by atoms with Gasteiger partial charge < -0.3 is 9.47 Å². The predicted octanol–water partition coefficient (Wildman–Crippen LogP) is 6.56. The van der Waals surface area contributed by atoms with Crippen molar-refractivity contribution in [3.05, 3.63) is 116 Å². The zero-order chi connectivity index (χ0) is 29.8. The van der Waals surface area contributed by atoms with Crippen LogP contribution in [0.15, 0.2) is 83.8 Å². The molecule has 216 valence electrons. The standard InChI is InChI=1S/C33H28ClN5O3S/c1-3-4-18-42-26-14-10-22(11-15-26)12-17-30-35-33-39(36-30)32(40)29(43-33)20-24-21-38(25-8-6-5-7-9-25)37-31(24)23-13-16-28(41-2)27(34)19-23/h5-17,19-21H,3-4,18H2,1-2H3/b17-12+,29-20-. The molecule has 0 unspecified atom stereocenters. The second-order valence-corrected chi connectivity index (χ2v) is 11.2. The Labute approximate surface area is 257 Å². The molecule has 0 aliphatic heterocycles. The van der Waals surface area contributed by atoms with Gasteiger partial charge >= 0.3 is 0 Å². The molecule has 6 aromatic rings. The summed E-state index contributed by atoms with van der Waals surface area (Å²) in [5.41, 5.74) is 3.87. The molecule has 6 rings (SSSR count). The van der Waals surface area contributed by atoms with Gasteiger partial charge in [0.25, 0.3) is 5.56 Å². The van der Waals surface area contributed by atoms with Crippen molar-refractivity contribution in [1.82, 2.24) is 24.4 Å². The number of ether oxygens (including phenoxy) is 2. The van der Waals surface area contributed by atoms with Crippen LogP contribution in [0, 0.1) is 0 Å². The number of unbranched alkanes of at least 4 members (excludes halogenated alkanes) is 1. The summed E-state index contributed by atoms with van der Waals surface area (Å²) >= 11 is 7.72. The van der Waals surface area contributed by atoms with E-state index in [2.05, 4.69) is 17.0 Å². The highest BCUT2D eigenvalue weighted by molar-refractivity contribution is 7.15. The number of fused-ring (bicyclic) bond motifs is 1. The second kappa shape index (κ2) is 12.6. The molecule has 0 atom stereocenters. The maximum absolute atomic E-state index is 13.4. The normalized spacial score (nSPS) is 12.0. The van der Waals surface area contributed by atoms with E-state index in [0.29, 0.717) is 38.4 Å². The summed E-state index contributed by atoms with van der Waals surface area (Å²) in [5.74, 6) is 1.88. The lowest BCUT2D eigenvalue weighted by molar-refractivity contribution is 0.309. The Kier molecular flexibility index (Phi) is 8.35. The monoisotopic (exact) mass is 609 g/mol. The number of halogens is 1. The van der Waals surface area contributed by atoms with Crippen LogP contribution in [0.2, 0.25) is 5.02 Å². The van der Waals surface area contributed by atoms with E-state index in [9.17, 15) is 4.79 Å². The van der Waals surface area contributed by atoms with Crippen molar-refractivity contribution in [3.8, 4) is 28.4 Å². The van der Waals surface area contributed by atoms with E-state index in [1.807, 2.05) is 85.1 Å². The van der Waals surface area contributed by atoms with E-state index >= 15 is 0 Å². The molecule has 0 bridgehead atoms. The van der Waals surface area contributed by atoms with Gasteiger partial charge in [-0.2, -0.15) is 14.6 Å². The molecule has 0 N–H and O–H groups in total. The minimum atomic E-state index is -0.244. The summed E-state index contributed by atoms with van der Waals surface area (Å²) < 4.78 is 14.7. The Balaban J connectivity index is 1.31. The summed E-state index contributed by atoms with van der Waals surface area (Å²) in [6, 6.07) is 23.1. The fraction of sp³-hybridized carbons (Fsp3) is 0.152. The average molecular weight is 610 g/mol. The maximum Gasteiger partial charge on any atom is 0.291 e. The van der Waals surface area contributed by atoms with Crippen molar-refractivity contribution in [3.63, 3.8) is 0 Å². The Morgan fingerprint density at radius 2 is 1.81 bits per heavy atom. The van der Waals surface area contributed by atoms with Gasteiger partial charge in [-0.3, -0.25) is 4.79 Å². The minimum Gasteiger partial charge on any atom is -0.495 e. The van der Waals surface area contributed by atoms with Crippen LogP contribution in [0.1, 0.15) is 36.7 Å². The van der Waals surface area contributed by atoms with Gasteiger partial charge in [0, 0.05) is 17.3 Å². The van der Waals surface area contributed by atoms with Crippen molar-refractivity contribution in [1.29, 1.82) is 0 Å². The van der Waals surface area contributed by atoms with Gasteiger partial charge in [-0.05, 0) is 66.6 Å². The number of rotatable bonds is 10. The first-order valence-electron chi connectivity index (χ1n) is 13.8. The molecule has 0 amide bonds. The summed E-state index contributed by atoms with van der Waals surface area (Å²) in [6.45, 7) is 2.85. The summed E-state index contributed by atoms with van der Waals surface area (Å²) in [5, 5.41) is 9.75. The van der Waals surface area contributed by atoms with Crippen LogP contribution < -0.4 is 19.6 Å². The first-order valence-corrected chi connectivity index (χ1v) is 15.0. The van der Waals surface area contributed by atoms with Crippen molar-refractivity contribution < 1.29 is 9.47 Å². The third-order valence-corrected chi connectivity index (χ3v) is 8.00. The smallest absolute Gasteiger partial charge is 0.291 e. The van der Waals surface area contributed by atoms with Crippen molar-refractivity contribution in [2.45, 2.75) is 19.8 Å². The van der Waals surface area contributed by atoms with E-state index in [-0.39, 0.29) is 5.56 Å². The lowest BCUT2D eigenvalue weighted by Crippen LogP contribution is -2.23. The van der Waals surface area contributed by atoms with Crippen molar-refractivity contribution in [2.75, 3.05) is 13.7 Å². The molecule has 0 fully saturated rings. The Hall–Kier alpha value is -4.73. The number of hydrogen-bond acceptors (Lipinski definition) is 7. The highest BCUT2D eigenvalue weighted by atomic mass is 35.5. The first kappa shape index (κ1) is 28.4. The van der Waals surface area contributed by atoms with E-state index in [1.165, 1.54) is 15.9 Å². The molecule has 3 aromatic carbocycles. The molecular weight excluding hydrogens is 582 g/mol. The van der Waals surface area contributed by atoms with Crippen molar-refractivity contribution >= 4 is 46.1 Å². The molecule has 0 radical (unpaired) electrons. The van der Waals surface area contributed by atoms with E-state index in [0.717, 1.165) is 41.0 Å². The quantitative estimate of drug-likeness (QED) is 0.164. The third-order valence-electron chi connectivity index (χ3n) is 6.74. The van der Waals surface area contributed by atoms with E-state index in [4.69, 9.17) is 26.2 Å². The van der Waals surface area contributed by atoms with Gasteiger partial charge in [0.15, 0.2) is 5.82 Å². The van der Waals surface area contributed by atoms with Crippen LogP contribution in [0.4, 0.5) is 0 Å². The molecule has 0 saturated heterocycles. The molecule has 0 saturated carbocycles. The molecule has 0 spiro atoms. The molecular formula is C33H28ClN5O3S. The summed E-state index contributed by atoms with van der Waals surface area (Å²) in [6.07, 6.45) is 9.55. The van der Waals surface area contributed by atoms with Crippen LogP contribution in [0.3, 0.4) is 0 Å². The number of aromatic nitrogens is 5. The van der Waals surface area contributed by atoms with Gasteiger partial charge in [0.2, 0.25) is 4.96 Å². The summed E-state index contributed by atoms with van der Waals surface area (Å²) in [7, 11) is 1.57. The highest BCUT2D eigenvalue weighted by Crippen LogP contribution is 2.32. The molecule has 0 aliphatic carbocycles. The third kappa shape index (κ3) is 6.23. The largest absolute Gasteiger partial charge is 0.495 e. The zero-order valence-electron chi connectivity index (χ0n) is 23.6. The van der Waals surface area contributed by atoms with E-state index < -0.39 is 0 Å². The Morgan fingerprint density at radius 1 is 1.00 bits per heavy atom. The summed E-state index contributed by atoms with van der Waals surface area (Å²) in [4.78, 5) is 18.4. The minimum absolute atomic E-state index is 0.244. The zero-order valence-corrected chi connectivity index (χ0v) is 25.2. The maximum atomic E-state index is 13.4. The van der Waals surface area contributed by atoms with Gasteiger partial charge in [0.05, 0.1) is 29.0 Å². The van der Waals surface area contributed by atoms with Crippen LogP contribution in [-0.4, -0.2) is 38.1 Å². The number of nitrogens with zero attached hydrogens (tertiary/aromatic N) is 5. The number of thiazole rings is 1. The fourth-order valence-electron chi connectivity index (χ4n) is 4.48. The van der Waals surface area contributed by atoms with Crippen LogP contribution >= 0.6 is 22.9 Å². The average Bonchev–Trinajstić information content (AvgIpc) is 3.72. The second-order valence-electron chi connectivity index (χ2n) is 9.75. The van der Waals surface area contributed by atoms with Crippen LogP contribution in [0.5, 0.6) is 11.5 Å². The number of para-hydroxylation sites is 1. The molecule has 8 nitrogen and oxygen atoms in total. The molecule has 3 heterocycles. The van der Waals surface area contributed by atoms with Gasteiger partial charge in [-0.15, -0.1) is 5.10 Å². The SMILES string of the molecule is CCCCOc1ccc(/C=C/c2nc3s/c(=C\c4cn(-c5ccccc5)nc4-c4ccc(OC)c(Cl)c4)c(=O)n3n2)cc1. The predicted molar refractivity (Wildman–Crippen MR) is 172 cm³/mol. The van der Waals surface area contributed by atoms with Gasteiger partial charge in [0.1, 0.15) is 17.2 Å². The fourth-order valence-corrected chi connectivity index (χ4v) is 5.65. The number of benzene rings is 3. The topological polar surface area (TPSA) is 83.5 Å². The Bertz CT molecular complexity index is 2010. The Morgan fingerprint density at radius 3 is 2.53 bits per heavy atom. The molecule has 43 heavy (non-hydrogen) atoms.